The van der Waals surface area contributed by atoms with Crippen LogP contribution < -0.4 is 10.6 Å². The summed E-state index contributed by atoms with van der Waals surface area (Å²) < 4.78 is 5.53. The zero-order valence-electron chi connectivity index (χ0n) is 8.22. The molecule has 1 aliphatic carbocycles. The fraction of sp³-hybridized carbons (Fsp3) is 1.00. The molecular formula is C10H20N2O. The fourth-order valence-corrected chi connectivity index (χ4v) is 1.70. The van der Waals surface area contributed by atoms with E-state index in [1.807, 2.05) is 0 Å². The van der Waals surface area contributed by atoms with Crippen molar-refractivity contribution in [1.29, 1.82) is 0 Å². The molecule has 13 heavy (non-hydrogen) atoms. The van der Waals surface area contributed by atoms with Crippen molar-refractivity contribution in [2.24, 2.45) is 5.92 Å². The molecule has 2 aliphatic rings. The molecule has 0 aromatic rings. The molecular weight excluding hydrogens is 164 g/mol. The third-order valence-corrected chi connectivity index (χ3v) is 2.79. The predicted molar refractivity (Wildman–Crippen MR) is 52.8 cm³/mol. The molecule has 3 nitrogen and oxygen atoms in total. The average Bonchev–Trinajstić information content (AvgIpc) is 2.81. The lowest BCUT2D eigenvalue weighted by atomic mass is 10.3. The summed E-state index contributed by atoms with van der Waals surface area (Å²) in [6, 6.07) is 0.685. The maximum atomic E-state index is 5.53. The first-order valence-electron chi connectivity index (χ1n) is 5.47. The van der Waals surface area contributed by atoms with Crippen LogP contribution in [0.25, 0.3) is 0 Å². The van der Waals surface area contributed by atoms with Crippen LogP contribution in [0.5, 0.6) is 0 Å². The number of hydrogen-bond acceptors (Lipinski definition) is 3. The Hall–Kier alpha value is -0.120. The van der Waals surface area contributed by atoms with Gasteiger partial charge in [-0.25, -0.2) is 0 Å². The van der Waals surface area contributed by atoms with Crippen LogP contribution in [0.2, 0.25) is 0 Å². The first-order chi connectivity index (χ1) is 6.45. The van der Waals surface area contributed by atoms with Gasteiger partial charge in [-0.15, -0.1) is 0 Å². The second-order valence-electron chi connectivity index (χ2n) is 4.16. The third-order valence-electron chi connectivity index (χ3n) is 2.79. The molecule has 1 atom stereocenters. The summed E-state index contributed by atoms with van der Waals surface area (Å²) in [6.45, 7) is 5.18. The van der Waals surface area contributed by atoms with Gasteiger partial charge in [0.05, 0.1) is 6.61 Å². The van der Waals surface area contributed by atoms with Crippen molar-refractivity contribution in [3.05, 3.63) is 0 Å². The Balaban J connectivity index is 1.39. The Bertz CT molecular complexity index is 142. The molecule has 2 fully saturated rings. The lowest BCUT2D eigenvalue weighted by Crippen LogP contribution is -2.33. The van der Waals surface area contributed by atoms with E-state index in [1.54, 1.807) is 0 Å². The lowest BCUT2D eigenvalue weighted by molar-refractivity contribution is 0.124. The van der Waals surface area contributed by atoms with Crippen LogP contribution in [0, 0.1) is 5.92 Å². The summed E-state index contributed by atoms with van der Waals surface area (Å²) >= 11 is 0. The highest BCUT2D eigenvalue weighted by Crippen LogP contribution is 2.28. The summed E-state index contributed by atoms with van der Waals surface area (Å²) in [5.74, 6) is 0.896. The van der Waals surface area contributed by atoms with E-state index in [1.165, 1.54) is 25.8 Å². The van der Waals surface area contributed by atoms with Crippen LogP contribution in [0.4, 0.5) is 0 Å². The summed E-state index contributed by atoms with van der Waals surface area (Å²) in [7, 11) is 0. The van der Waals surface area contributed by atoms with Crippen molar-refractivity contribution >= 4 is 0 Å². The van der Waals surface area contributed by atoms with Crippen LogP contribution in [0.15, 0.2) is 0 Å². The van der Waals surface area contributed by atoms with Gasteiger partial charge in [-0.1, -0.05) is 0 Å². The monoisotopic (exact) mass is 184 g/mol. The quantitative estimate of drug-likeness (QED) is 0.585. The molecule has 0 bridgehead atoms. The number of ether oxygens (including phenoxy) is 1. The third kappa shape index (κ3) is 3.63. The van der Waals surface area contributed by atoms with E-state index in [4.69, 9.17) is 4.74 Å². The van der Waals surface area contributed by atoms with Gasteiger partial charge in [-0.05, 0) is 31.7 Å². The second-order valence-corrected chi connectivity index (χ2v) is 4.16. The van der Waals surface area contributed by atoms with E-state index in [-0.39, 0.29) is 0 Å². The molecule has 0 amide bonds. The highest BCUT2D eigenvalue weighted by Gasteiger charge is 2.21. The van der Waals surface area contributed by atoms with Crippen molar-refractivity contribution in [3.63, 3.8) is 0 Å². The Kier molecular flexibility index (Phi) is 3.58. The van der Waals surface area contributed by atoms with Crippen molar-refractivity contribution in [2.75, 3.05) is 32.8 Å². The van der Waals surface area contributed by atoms with E-state index >= 15 is 0 Å². The van der Waals surface area contributed by atoms with E-state index in [2.05, 4.69) is 10.6 Å². The van der Waals surface area contributed by atoms with Gasteiger partial charge < -0.3 is 15.4 Å². The van der Waals surface area contributed by atoms with Crippen molar-refractivity contribution in [3.8, 4) is 0 Å². The minimum absolute atomic E-state index is 0.685. The van der Waals surface area contributed by atoms with E-state index < -0.39 is 0 Å². The minimum atomic E-state index is 0.685. The predicted octanol–water partition coefficient (Wildman–Crippen LogP) is 0.364. The second kappa shape index (κ2) is 4.94. The maximum absolute atomic E-state index is 5.53. The molecule has 3 heteroatoms. The highest BCUT2D eigenvalue weighted by molar-refractivity contribution is 4.77. The van der Waals surface area contributed by atoms with Crippen molar-refractivity contribution in [1.82, 2.24) is 10.6 Å². The van der Waals surface area contributed by atoms with Crippen LogP contribution in [0.3, 0.4) is 0 Å². The van der Waals surface area contributed by atoms with E-state index in [9.17, 15) is 0 Å². The zero-order chi connectivity index (χ0) is 8.93. The first kappa shape index (κ1) is 9.44. The minimum Gasteiger partial charge on any atom is -0.380 e. The summed E-state index contributed by atoms with van der Waals surface area (Å²) in [6.07, 6.45) is 4.04. The van der Waals surface area contributed by atoms with Gasteiger partial charge in [0.1, 0.15) is 0 Å². The molecule has 1 unspecified atom stereocenters. The SMILES string of the molecule is C1CC(NCCOCC2CC2)CN1. The van der Waals surface area contributed by atoms with Crippen LogP contribution >= 0.6 is 0 Å². The summed E-state index contributed by atoms with van der Waals surface area (Å²) in [5.41, 5.74) is 0. The Morgan fingerprint density at radius 3 is 2.92 bits per heavy atom. The van der Waals surface area contributed by atoms with Gasteiger partial charge in [0.15, 0.2) is 0 Å². The molecule has 1 saturated carbocycles. The van der Waals surface area contributed by atoms with Gasteiger partial charge in [-0.2, -0.15) is 0 Å². The standard InChI is InChI=1S/C10H20N2O/c1-2-9(1)8-13-6-5-12-10-3-4-11-7-10/h9-12H,1-8H2. The molecule has 0 aromatic heterocycles. The molecule has 1 aliphatic heterocycles. The van der Waals surface area contributed by atoms with E-state index in [0.29, 0.717) is 6.04 Å². The highest BCUT2D eigenvalue weighted by atomic mass is 16.5. The smallest absolute Gasteiger partial charge is 0.0591 e. The number of rotatable bonds is 6. The molecule has 0 radical (unpaired) electrons. The van der Waals surface area contributed by atoms with E-state index in [0.717, 1.165) is 32.2 Å². The van der Waals surface area contributed by atoms with Gasteiger partial charge in [0.2, 0.25) is 0 Å². The normalized spacial score (nSPS) is 28.2. The fourth-order valence-electron chi connectivity index (χ4n) is 1.70. The maximum Gasteiger partial charge on any atom is 0.0591 e. The molecule has 76 valence electrons. The first-order valence-corrected chi connectivity index (χ1v) is 5.47. The Morgan fingerprint density at radius 1 is 1.31 bits per heavy atom. The largest absolute Gasteiger partial charge is 0.380 e. The summed E-state index contributed by atoms with van der Waals surface area (Å²) in [4.78, 5) is 0. The Labute approximate surface area is 80.2 Å². The van der Waals surface area contributed by atoms with Crippen LogP contribution in [-0.4, -0.2) is 38.9 Å². The summed E-state index contributed by atoms with van der Waals surface area (Å²) in [5, 5.41) is 6.83. The van der Waals surface area contributed by atoms with Gasteiger partial charge in [-0.3, -0.25) is 0 Å². The molecule has 2 rings (SSSR count). The van der Waals surface area contributed by atoms with Crippen LogP contribution in [0.1, 0.15) is 19.3 Å². The van der Waals surface area contributed by atoms with Crippen molar-refractivity contribution in [2.45, 2.75) is 25.3 Å². The lowest BCUT2D eigenvalue weighted by Gasteiger charge is -2.10. The Morgan fingerprint density at radius 2 is 2.23 bits per heavy atom. The number of nitrogens with one attached hydrogen (secondary N) is 2. The van der Waals surface area contributed by atoms with Gasteiger partial charge >= 0.3 is 0 Å². The molecule has 0 aromatic carbocycles. The topological polar surface area (TPSA) is 33.3 Å². The molecule has 2 N–H and O–H groups in total. The van der Waals surface area contributed by atoms with Crippen LogP contribution in [-0.2, 0) is 4.74 Å². The average molecular weight is 184 g/mol. The van der Waals surface area contributed by atoms with Crippen molar-refractivity contribution < 1.29 is 4.74 Å². The number of hydrogen-bond donors (Lipinski definition) is 2. The zero-order valence-corrected chi connectivity index (χ0v) is 8.22. The molecule has 1 heterocycles. The molecule has 1 saturated heterocycles. The van der Waals surface area contributed by atoms with Gasteiger partial charge in [0, 0.05) is 25.7 Å². The van der Waals surface area contributed by atoms with Gasteiger partial charge in [0.25, 0.3) is 0 Å². The molecule has 0 spiro atoms.